The number of carboxylic acids is 1. The highest BCUT2D eigenvalue weighted by molar-refractivity contribution is 5.66. The second kappa shape index (κ2) is 7.55. The van der Waals surface area contributed by atoms with Crippen molar-refractivity contribution in [3.05, 3.63) is 77.9 Å². The van der Waals surface area contributed by atoms with Crippen LogP contribution in [0.1, 0.15) is 35.7 Å². The topological polar surface area (TPSA) is 78.1 Å². The van der Waals surface area contributed by atoms with Gasteiger partial charge in [0.05, 0.1) is 12.5 Å². The lowest BCUT2D eigenvalue weighted by atomic mass is 9.92. The van der Waals surface area contributed by atoms with Crippen molar-refractivity contribution >= 4 is 5.97 Å². The largest absolute Gasteiger partial charge is 0.494 e. The van der Waals surface area contributed by atoms with E-state index in [0.717, 1.165) is 22.7 Å². The van der Waals surface area contributed by atoms with E-state index in [-0.39, 0.29) is 12.3 Å². The second-order valence-corrected chi connectivity index (χ2v) is 5.60. The monoisotopic (exact) mass is 324 g/mol. The molecule has 124 valence electrons. The van der Waals surface area contributed by atoms with Gasteiger partial charge in [-0.15, -0.1) is 0 Å². The minimum atomic E-state index is -0.798. The number of H-pyrrole nitrogens is 2. The Labute approximate surface area is 140 Å². The summed E-state index contributed by atoms with van der Waals surface area (Å²) in [5.74, 6) is 0.0607. The number of hydrogen-bond donors (Lipinski definition) is 3. The van der Waals surface area contributed by atoms with Crippen LogP contribution in [0.4, 0.5) is 0 Å². The second-order valence-electron chi connectivity index (χ2n) is 5.60. The van der Waals surface area contributed by atoms with Crippen molar-refractivity contribution in [2.45, 2.75) is 18.8 Å². The van der Waals surface area contributed by atoms with Gasteiger partial charge >= 0.3 is 5.97 Å². The third-order valence-electron chi connectivity index (χ3n) is 3.88. The molecular weight excluding hydrogens is 304 g/mol. The number of hydrogen-bond acceptors (Lipinski definition) is 2. The lowest BCUT2D eigenvalue weighted by Crippen LogP contribution is -2.05. The summed E-state index contributed by atoms with van der Waals surface area (Å²) in [6, 6.07) is 16.1. The van der Waals surface area contributed by atoms with Crippen LogP contribution in [0.2, 0.25) is 0 Å². The number of ether oxygens (including phenoxy) is 1. The first-order valence-electron chi connectivity index (χ1n) is 7.95. The van der Waals surface area contributed by atoms with Crippen LogP contribution < -0.4 is 4.74 Å². The van der Waals surface area contributed by atoms with Gasteiger partial charge in [0.25, 0.3) is 0 Å². The van der Waals surface area contributed by atoms with Gasteiger partial charge in [0.2, 0.25) is 0 Å². The van der Waals surface area contributed by atoms with Crippen LogP contribution in [0, 0.1) is 0 Å². The Hall–Kier alpha value is -2.95. The molecule has 0 atom stereocenters. The number of aliphatic carboxylic acids is 1. The Bertz CT molecular complexity index is 712. The van der Waals surface area contributed by atoms with Crippen LogP contribution in [-0.2, 0) is 4.79 Å². The molecule has 3 N–H and O–H groups in total. The van der Waals surface area contributed by atoms with Gasteiger partial charge in [-0.05, 0) is 48.4 Å². The number of carboxylic acid groups (broad SMARTS) is 1. The third-order valence-corrected chi connectivity index (χ3v) is 3.88. The molecule has 24 heavy (non-hydrogen) atoms. The van der Waals surface area contributed by atoms with E-state index in [4.69, 9.17) is 9.84 Å². The van der Waals surface area contributed by atoms with E-state index in [1.54, 1.807) is 0 Å². The third kappa shape index (κ3) is 3.87. The highest BCUT2D eigenvalue weighted by Gasteiger charge is 2.18. The predicted octanol–water partition coefficient (Wildman–Crippen LogP) is 3.77. The molecule has 0 spiro atoms. The molecular formula is C19H20N2O3. The summed E-state index contributed by atoms with van der Waals surface area (Å²) in [7, 11) is 0. The standard InChI is InChI=1S/C19H20N2O3/c22-18(23)6-3-13-24-15-9-7-14(8-10-15)19(16-4-1-11-20-16)17-5-2-12-21-17/h1-2,4-5,7-12,19-21H,3,6,13H2,(H,22,23). The molecule has 5 nitrogen and oxygen atoms in total. The van der Waals surface area contributed by atoms with Gasteiger partial charge in [-0.25, -0.2) is 0 Å². The fourth-order valence-electron chi connectivity index (χ4n) is 2.74. The zero-order chi connectivity index (χ0) is 16.8. The molecule has 0 radical (unpaired) electrons. The SMILES string of the molecule is O=C(O)CCCOc1ccc(C(c2ccc[nH]2)c2ccc[nH]2)cc1. The molecule has 0 aliphatic carbocycles. The Morgan fingerprint density at radius 3 is 2.12 bits per heavy atom. The van der Waals surface area contributed by atoms with E-state index in [1.807, 2.05) is 48.8 Å². The fraction of sp³-hybridized carbons (Fsp3) is 0.211. The van der Waals surface area contributed by atoms with Gasteiger partial charge < -0.3 is 19.8 Å². The van der Waals surface area contributed by atoms with Crippen molar-refractivity contribution in [2.75, 3.05) is 6.61 Å². The van der Waals surface area contributed by atoms with Crippen molar-refractivity contribution in [1.29, 1.82) is 0 Å². The summed E-state index contributed by atoms with van der Waals surface area (Å²) < 4.78 is 5.59. The molecule has 0 amide bonds. The molecule has 3 aromatic rings. The first kappa shape index (κ1) is 15.9. The van der Waals surface area contributed by atoms with Crippen LogP contribution in [0.15, 0.2) is 60.9 Å². The molecule has 5 heteroatoms. The van der Waals surface area contributed by atoms with E-state index in [9.17, 15) is 4.79 Å². The van der Waals surface area contributed by atoms with Crippen LogP contribution in [0.3, 0.4) is 0 Å². The van der Waals surface area contributed by atoms with Crippen LogP contribution in [0.25, 0.3) is 0 Å². The summed E-state index contributed by atoms with van der Waals surface area (Å²) in [6.07, 6.45) is 4.47. The lowest BCUT2D eigenvalue weighted by molar-refractivity contribution is -0.137. The lowest BCUT2D eigenvalue weighted by Gasteiger charge is -2.16. The van der Waals surface area contributed by atoms with Crippen molar-refractivity contribution in [1.82, 2.24) is 9.97 Å². The maximum absolute atomic E-state index is 10.5. The molecule has 0 fully saturated rings. The summed E-state index contributed by atoms with van der Waals surface area (Å²) in [5.41, 5.74) is 3.39. The highest BCUT2D eigenvalue weighted by Crippen LogP contribution is 2.30. The van der Waals surface area contributed by atoms with Crippen molar-refractivity contribution < 1.29 is 14.6 Å². The molecule has 0 saturated heterocycles. The maximum Gasteiger partial charge on any atom is 0.303 e. The molecule has 1 aromatic carbocycles. The minimum absolute atomic E-state index is 0.107. The Morgan fingerprint density at radius 1 is 1.00 bits per heavy atom. The number of nitrogens with one attached hydrogen (secondary N) is 2. The first-order chi connectivity index (χ1) is 11.7. The van der Waals surface area contributed by atoms with E-state index in [1.165, 1.54) is 0 Å². The van der Waals surface area contributed by atoms with Gasteiger partial charge in [0.1, 0.15) is 5.75 Å². The number of aromatic amines is 2. The summed E-state index contributed by atoms with van der Waals surface area (Å²) in [6.45, 7) is 0.405. The molecule has 0 aliphatic heterocycles. The van der Waals surface area contributed by atoms with Crippen molar-refractivity contribution in [2.24, 2.45) is 0 Å². The smallest absolute Gasteiger partial charge is 0.303 e. The van der Waals surface area contributed by atoms with E-state index in [2.05, 4.69) is 22.1 Å². The van der Waals surface area contributed by atoms with Crippen molar-refractivity contribution in [3.8, 4) is 5.75 Å². The van der Waals surface area contributed by atoms with Gasteiger partial charge in [0.15, 0.2) is 0 Å². The summed E-state index contributed by atoms with van der Waals surface area (Å²) >= 11 is 0. The van der Waals surface area contributed by atoms with Gasteiger partial charge in [-0.1, -0.05) is 12.1 Å². The zero-order valence-corrected chi connectivity index (χ0v) is 13.2. The van der Waals surface area contributed by atoms with E-state index in [0.29, 0.717) is 13.0 Å². The average Bonchev–Trinajstić information content (AvgIpc) is 3.27. The Kier molecular flexibility index (Phi) is 5.01. The highest BCUT2D eigenvalue weighted by atomic mass is 16.5. The fourth-order valence-corrected chi connectivity index (χ4v) is 2.74. The van der Waals surface area contributed by atoms with Crippen LogP contribution in [-0.4, -0.2) is 27.7 Å². The summed E-state index contributed by atoms with van der Waals surface area (Å²) in [4.78, 5) is 17.1. The molecule has 0 saturated carbocycles. The molecule has 3 rings (SSSR count). The molecule has 0 bridgehead atoms. The normalized spacial score (nSPS) is 10.9. The number of benzene rings is 1. The Balaban J connectivity index is 1.72. The predicted molar refractivity (Wildman–Crippen MR) is 91.3 cm³/mol. The quantitative estimate of drug-likeness (QED) is 0.552. The minimum Gasteiger partial charge on any atom is -0.494 e. The Morgan fingerprint density at radius 2 is 1.62 bits per heavy atom. The first-order valence-corrected chi connectivity index (χ1v) is 7.95. The van der Waals surface area contributed by atoms with Crippen LogP contribution in [0.5, 0.6) is 5.75 Å². The number of aromatic nitrogens is 2. The zero-order valence-electron chi connectivity index (χ0n) is 13.2. The summed E-state index contributed by atoms with van der Waals surface area (Å²) in [5, 5.41) is 8.63. The average molecular weight is 324 g/mol. The maximum atomic E-state index is 10.5. The molecule has 0 aliphatic rings. The number of carbonyl (C=O) groups is 1. The van der Waals surface area contributed by atoms with Gasteiger partial charge in [0, 0.05) is 30.2 Å². The van der Waals surface area contributed by atoms with Gasteiger partial charge in [-0.3, -0.25) is 4.79 Å². The molecule has 2 aromatic heterocycles. The van der Waals surface area contributed by atoms with Gasteiger partial charge in [-0.2, -0.15) is 0 Å². The van der Waals surface area contributed by atoms with Crippen molar-refractivity contribution in [3.63, 3.8) is 0 Å². The molecule has 2 heterocycles. The van der Waals surface area contributed by atoms with E-state index >= 15 is 0 Å². The van der Waals surface area contributed by atoms with Crippen LogP contribution >= 0.6 is 0 Å². The number of rotatable bonds is 8. The molecule has 0 unspecified atom stereocenters. The van der Waals surface area contributed by atoms with E-state index < -0.39 is 5.97 Å².